The highest BCUT2D eigenvalue weighted by molar-refractivity contribution is 6.49. The summed E-state index contributed by atoms with van der Waals surface area (Å²) in [5.41, 5.74) is 0.679. The number of rotatable bonds is 7. The van der Waals surface area contributed by atoms with Crippen molar-refractivity contribution in [2.45, 2.75) is 12.8 Å². The van der Waals surface area contributed by atoms with Crippen LogP contribution >= 0.6 is 0 Å². The van der Waals surface area contributed by atoms with E-state index in [0.717, 1.165) is 6.08 Å². The Morgan fingerprint density at radius 3 is 2.56 bits per heavy atom. The molecule has 0 aliphatic heterocycles. The summed E-state index contributed by atoms with van der Waals surface area (Å²) in [6, 6.07) is 0. The molecule has 0 saturated heterocycles. The minimum absolute atomic E-state index is 0.0252. The van der Waals surface area contributed by atoms with E-state index in [1.165, 1.54) is 6.08 Å². The molecule has 0 fully saturated rings. The summed E-state index contributed by atoms with van der Waals surface area (Å²) in [5.74, 6) is -0.475. The van der Waals surface area contributed by atoms with E-state index in [9.17, 15) is 9.90 Å². The van der Waals surface area contributed by atoms with E-state index < -0.39 is 0 Å². The van der Waals surface area contributed by atoms with Gasteiger partial charge < -0.3 is 20.6 Å². The molecule has 0 radical (unpaired) electrons. The molecule has 0 heterocycles. The predicted octanol–water partition coefficient (Wildman–Crippen LogP) is -0.310. The Kier molecular flexibility index (Phi) is 6.10. The van der Waals surface area contributed by atoms with Gasteiger partial charge in [0.2, 0.25) is 5.78 Å². The van der Waals surface area contributed by atoms with Crippen molar-refractivity contribution in [2.75, 3.05) is 26.3 Å². The third-order valence-corrected chi connectivity index (χ3v) is 2.33. The maximum absolute atomic E-state index is 11.5. The van der Waals surface area contributed by atoms with Crippen LogP contribution in [0.3, 0.4) is 0 Å². The zero-order valence-electron chi connectivity index (χ0n) is 10.1. The van der Waals surface area contributed by atoms with Crippen LogP contribution in [0.15, 0.2) is 28.6 Å². The molecule has 0 aromatic rings. The van der Waals surface area contributed by atoms with Crippen LogP contribution in [0, 0.1) is 0 Å². The van der Waals surface area contributed by atoms with Crippen molar-refractivity contribution in [1.29, 1.82) is 0 Å². The van der Waals surface area contributed by atoms with Crippen LogP contribution in [0.25, 0.3) is 0 Å². The van der Waals surface area contributed by atoms with Gasteiger partial charge in [0.15, 0.2) is 0 Å². The molecule has 0 amide bonds. The van der Waals surface area contributed by atoms with Crippen molar-refractivity contribution in [3.05, 3.63) is 23.6 Å². The highest BCUT2D eigenvalue weighted by Gasteiger charge is 2.17. The van der Waals surface area contributed by atoms with E-state index >= 15 is 0 Å². The number of nitrogens with zero attached hydrogens (tertiary/aromatic N) is 1. The monoisotopic (exact) mass is 254 g/mol. The van der Waals surface area contributed by atoms with Crippen molar-refractivity contribution < 1.29 is 20.1 Å². The smallest absolute Gasteiger partial charge is 0.207 e. The molecular formula is C12H18N2O4. The zero-order valence-corrected chi connectivity index (χ0v) is 10.1. The van der Waals surface area contributed by atoms with Gasteiger partial charge in [-0.3, -0.25) is 9.79 Å². The van der Waals surface area contributed by atoms with Gasteiger partial charge in [0.05, 0.1) is 5.70 Å². The Labute approximate surface area is 105 Å². The van der Waals surface area contributed by atoms with Gasteiger partial charge in [-0.05, 0) is 18.9 Å². The molecule has 0 saturated carbocycles. The third kappa shape index (κ3) is 4.31. The first kappa shape index (κ1) is 14.4. The predicted molar refractivity (Wildman–Crippen MR) is 67.5 cm³/mol. The number of nitrogens with one attached hydrogen (secondary N) is 1. The topological polar surface area (TPSA) is 102 Å². The number of hydrogen-bond donors (Lipinski definition) is 4. The molecule has 0 bridgehead atoms. The van der Waals surface area contributed by atoms with Gasteiger partial charge in [-0.15, -0.1) is 0 Å². The lowest BCUT2D eigenvalue weighted by atomic mass is 10.1. The van der Waals surface area contributed by atoms with Crippen LogP contribution in [-0.4, -0.2) is 53.1 Å². The van der Waals surface area contributed by atoms with Gasteiger partial charge >= 0.3 is 0 Å². The van der Waals surface area contributed by atoms with Crippen molar-refractivity contribution in [2.24, 2.45) is 4.99 Å². The van der Waals surface area contributed by atoms with Crippen LogP contribution in [0.4, 0.5) is 0 Å². The average molecular weight is 254 g/mol. The second-order valence-electron chi connectivity index (χ2n) is 3.80. The normalized spacial score (nSPS) is 17.7. The zero-order chi connectivity index (χ0) is 13.4. The largest absolute Gasteiger partial charge is 0.506 e. The van der Waals surface area contributed by atoms with E-state index in [2.05, 4.69) is 10.3 Å². The van der Waals surface area contributed by atoms with Gasteiger partial charge in [-0.25, -0.2) is 0 Å². The first-order valence-electron chi connectivity index (χ1n) is 5.86. The molecule has 4 N–H and O–H groups in total. The molecular weight excluding hydrogens is 236 g/mol. The van der Waals surface area contributed by atoms with Crippen LogP contribution in [0.1, 0.15) is 12.8 Å². The molecule has 0 atom stereocenters. The second-order valence-corrected chi connectivity index (χ2v) is 3.80. The summed E-state index contributed by atoms with van der Waals surface area (Å²) in [6.45, 7) is 0.948. The second kappa shape index (κ2) is 7.62. The lowest BCUT2D eigenvalue weighted by molar-refractivity contribution is -0.109. The Hall–Kier alpha value is -1.66. The third-order valence-electron chi connectivity index (χ3n) is 2.33. The van der Waals surface area contributed by atoms with E-state index in [1.54, 1.807) is 0 Å². The van der Waals surface area contributed by atoms with Crippen LogP contribution < -0.4 is 5.32 Å². The fraction of sp³-hybridized carbons (Fsp3) is 0.500. The summed E-state index contributed by atoms with van der Waals surface area (Å²) in [5, 5.41) is 29.8. The Morgan fingerprint density at radius 1 is 1.17 bits per heavy atom. The highest BCUT2D eigenvalue weighted by atomic mass is 16.3. The maximum atomic E-state index is 11.5. The summed E-state index contributed by atoms with van der Waals surface area (Å²) >= 11 is 0. The highest BCUT2D eigenvalue weighted by Crippen LogP contribution is 2.10. The summed E-state index contributed by atoms with van der Waals surface area (Å²) in [6.07, 6.45) is 3.63. The fourth-order valence-corrected chi connectivity index (χ4v) is 1.40. The molecule has 100 valence electrons. The number of allylic oxidation sites excluding steroid dienone is 2. The molecule has 6 heteroatoms. The average Bonchev–Trinajstić information content (AvgIpc) is 2.34. The lowest BCUT2D eigenvalue weighted by Crippen LogP contribution is -2.24. The molecule has 0 unspecified atom stereocenters. The van der Waals surface area contributed by atoms with Gasteiger partial charge in [-0.2, -0.15) is 0 Å². The Balaban J connectivity index is 2.68. The molecule has 6 nitrogen and oxygen atoms in total. The number of aliphatic hydroxyl groups is 3. The van der Waals surface area contributed by atoms with E-state index in [1.807, 2.05) is 0 Å². The summed E-state index contributed by atoms with van der Waals surface area (Å²) in [4.78, 5) is 15.6. The number of aliphatic hydroxyl groups excluding tert-OH is 3. The van der Waals surface area contributed by atoms with Crippen molar-refractivity contribution in [3.63, 3.8) is 0 Å². The van der Waals surface area contributed by atoms with Crippen molar-refractivity contribution >= 4 is 11.5 Å². The molecule has 0 spiro atoms. The summed E-state index contributed by atoms with van der Waals surface area (Å²) < 4.78 is 0. The SMILES string of the molecule is O=C1C=C(O)C(NCCCO)=CC1=NCCCO. The molecule has 1 aliphatic carbocycles. The van der Waals surface area contributed by atoms with Gasteiger partial charge in [0.25, 0.3) is 0 Å². The van der Waals surface area contributed by atoms with Crippen molar-refractivity contribution in [1.82, 2.24) is 5.32 Å². The minimum atomic E-state index is -0.349. The van der Waals surface area contributed by atoms with Gasteiger partial charge in [-0.1, -0.05) is 0 Å². The molecule has 0 aromatic carbocycles. The molecule has 0 aromatic heterocycles. The Morgan fingerprint density at radius 2 is 1.89 bits per heavy atom. The molecule has 18 heavy (non-hydrogen) atoms. The molecule has 1 rings (SSSR count). The van der Waals surface area contributed by atoms with Crippen molar-refractivity contribution in [3.8, 4) is 0 Å². The Bertz CT molecular complexity index is 386. The minimum Gasteiger partial charge on any atom is -0.506 e. The van der Waals surface area contributed by atoms with Crippen LogP contribution in [0.2, 0.25) is 0 Å². The fourth-order valence-electron chi connectivity index (χ4n) is 1.40. The number of hydrogen-bond acceptors (Lipinski definition) is 6. The van der Waals surface area contributed by atoms with Gasteiger partial charge in [0, 0.05) is 32.4 Å². The first-order valence-corrected chi connectivity index (χ1v) is 5.86. The first-order chi connectivity index (χ1) is 8.69. The van der Waals surface area contributed by atoms with E-state index in [-0.39, 0.29) is 30.5 Å². The number of carbonyl (C=O) groups excluding carboxylic acids is 1. The van der Waals surface area contributed by atoms with E-state index in [4.69, 9.17) is 10.2 Å². The summed E-state index contributed by atoms with van der Waals surface area (Å²) in [7, 11) is 0. The van der Waals surface area contributed by atoms with Gasteiger partial charge in [0.1, 0.15) is 11.5 Å². The number of aliphatic imine (C=N–C) groups is 1. The van der Waals surface area contributed by atoms with E-state index in [0.29, 0.717) is 31.6 Å². The van der Waals surface area contributed by atoms with Crippen LogP contribution in [0.5, 0.6) is 0 Å². The standard InChI is InChI=1S/C12H18N2O4/c15-5-1-3-13-9-7-10(14-4-2-6-16)12(18)8-11(9)17/h7-8,13,15-17H,1-6H2. The van der Waals surface area contributed by atoms with Crippen LogP contribution in [-0.2, 0) is 4.79 Å². The lowest BCUT2D eigenvalue weighted by Gasteiger charge is -2.14. The maximum Gasteiger partial charge on any atom is 0.207 e. The quantitative estimate of drug-likeness (QED) is 0.369. The molecule has 1 aliphatic rings. The number of carbonyl (C=O) groups is 1. The number of ketones is 1.